The van der Waals surface area contributed by atoms with E-state index in [1.165, 1.54) is 12.1 Å². The summed E-state index contributed by atoms with van der Waals surface area (Å²) in [4.78, 5) is 13.7. The predicted molar refractivity (Wildman–Crippen MR) is 75.6 cm³/mol. The largest absolute Gasteiger partial charge is 0.484 e. The molecule has 0 spiro atoms. The third-order valence-corrected chi connectivity index (χ3v) is 3.71. The Balaban J connectivity index is 1.91. The molecule has 22 heavy (non-hydrogen) atoms. The molecule has 1 aromatic carbocycles. The van der Waals surface area contributed by atoms with E-state index >= 15 is 0 Å². The molecule has 1 saturated heterocycles. The number of alkyl halides is 3. The van der Waals surface area contributed by atoms with Gasteiger partial charge in [0.15, 0.2) is 6.61 Å². The van der Waals surface area contributed by atoms with Crippen LogP contribution in [0.5, 0.6) is 5.75 Å². The minimum atomic E-state index is -4.42. The standard InChI is InChI=1S/C15H19F3N2O2/c1-19-12-5-3-7-20(9-12)14(21)10-22-13-6-2-4-11(8-13)15(16,17)18/h2,4,6,8,12,19H,3,5,7,9-10H2,1H3. The molecule has 2 rings (SSSR count). The van der Waals surface area contributed by atoms with Gasteiger partial charge >= 0.3 is 6.18 Å². The zero-order chi connectivity index (χ0) is 16.2. The van der Waals surface area contributed by atoms with Crippen LogP contribution in [0.1, 0.15) is 18.4 Å². The Kier molecular flexibility index (Phi) is 5.28. The zero-order valence-electron chi connectivity index (χ0n) is 12.3. The molecule has 4 nitrogen and oxygen atoms in total. The number of rotatable bonds is 4. The average Bonchev–Trinajstić information content (AvgIpc) is 2.52. The first-order valence-corrected chi connectivity index (χ1v) is 7.15. The molecule has 0 radical (unpaired) electrons. The molecule has 1 unspecified atom stereocenters. The second-order valence-electron chi connectivity index (χ2n) is 5.28. The van der Waals surface area contributed by atoms with Crippen LogP contribution < -0.4 is 10.1 Å². The molecule has 122 valence electrons. The summed E-state index contributed by atoms with van der Waals surface area (Å²) in [6.45, 7) is 1.00. The summed E-state index contributed by atoms with van der Waals surface area (Å²) in [7, 11) is 1.85. The molecule has 1 amide bonds. The lowest BCUT2D eigenvalue weighted by atomic mass is 10.1. The monoisotopic (exact) mass is 316 g/mol. The summed E-state index contributed by atoms with van der Waals surface area (Å²) in [5.41, 5.74) is -0.786. The van der Waals surface area contributed by atoms with E-state index in [2.05, 4.69) is 5.32 Å². The van der Waals surface area contributed by atoms with E-state index in [1.54, 1.807) is 4.90 Å². The number of piperidine rings is 1. The molecule has 0 aromatic heterocycles. The SMILES string of the molecule is CNC1CCCN(C(=O)COc2cccc(C(F)(F)F)c2)C1. The fourth-order valence-corrected chi connectivity index (χ4v) is 2.44. The van der Waals surface area contributed by atoms with E-state index in [-0.39, 0.29) is 24.3 Å². The molecule has 1 aliphatic heterocycles. The number of ether oxygens (including phenoxy) is 1. The van der Waals surface area contributed by atoms with E-state index in [4.69, 9.17) is 4.74 Å². The number of hydrogen-bond acceptors (Lipinski definition) is 3. The van der Waals surface area contributed by atoms with Gasteiger partial charge in [-0.3, -0.25) is 4.79 Å². The van der Waals surface area contributed by atoms with Crippen molar-refractivity contribution in [3.05, 3.63) is 29.8 Å². The van der Waals surface area contributed by atoms with E-state index in [0.29, 0.717) is 13.1 Å². The molecule has 0 saturated carbocycles. The van der Waals surface area contributed by atoms with Crippen LogP contribution in [0.3, 0.4) is 0 Å². The van der Waals surface area contributed by atoms with Gasteiger partial charge in [0, 0.05) is 19.1 Å². The molecule has 0 aliphatic carbocycles. The van der Waals surface area contributed by atoms with Crippen LogP contribution in [0.4, 0.5) is 13.2 Å². The Hall–Kier alpha value is -1.76. The van der Waals surface area contributed by atoms with Crippen LogP contribution >= 0.6 is 0 Å². The molecule has 1 N–H and O–H groups in total. The molecule has 1 aliphatic rings. The minimum absolute atomic E-state index is 0.0466. The highest BCUT2D eigenvalue weighted by molar-refractivity contribution is 5.78. The predicted octanol–water partition coefficient (Wildman–Crippen LogP) is 2.29. The molecule has 7 heteroatoms. The summed E-state index contributed by atoms with van der Waals surface area (Å²) in [6.07, 6.45) is -2.51. The molecule has 1 aromatic rings. The van der Waals surface area contributed by atoms with Gasteiger partial charge in [-0.25, -0.2) is 0 Å². The molecular weight excluding hydrogens is 297 g/mol. The van der Waals surface area contributed by atoms with Crippen LogP contribution in [0, 0.1) is 0 Å². The van der Waals surface area contributed by atoms with Gasteiger partial charge < -0.3 is 15.0 Å². The second kappa shape index (κ2) is 7.00. The summed E-state index contributed by atoms with van der Waals surface area (Å²) in [5.74, 6) is -0.164. The van der Waals surface area contributed by atoms with Crippen LogP contribution in [0.25, 0.3) is 0 Å². The lowest BCUT2D eigenvalue weighted by molar-refractivity contribution is -0.137. The number of carbonyl (C=O) groups is 1. The van der Waals surface area contributed by atoms with Gasteiger partial charge in [0.1, 0.15) is 5.75 Å². The van der Waals surface area contributed by atoms with Crippen LogP contribution in [0.15, 0.2) is 24.3 Å². The van der Waals surface area contributed by atoms with Crippen LogP contribution in [-0.2, 0) is 11.0 Å². The van der Waals surface area contributed by atoms with Crippen molar-refractivity contribution in [3.8, 4) is 5.75 Å². The van der Waals surface area contributed by atoms with Crippen molar-refractivity contribution in [3.63, 3.8) is 0 Å². The van der Waals surface area contributed by atoms with Crippen molar-refractivity contribution in [1.29, 1.82) is 0 Å². The first-order chi connectivity index (χ1) is 10.4. The molecule has 1 heterocycles. The van der Waals surface area contributed by atoms with E-state index in [0.717, 1.165) is 25.0 Å². The van der Waals surface area contributed by atoms with E-state index in [1.807, 2.05) is 7.05 Å². The smallest absolute Gasteiger partial charge is 0.416 e. The zero-order valence-corrected chi connectivity index (χ0v) is 12.3. The van der Waals surface area contributed by atoms with Crippen LogP contribution in [-0.4, -0.2) is 43.6 Å². The van der Waals surface area contributed by atoms with Gasteiger partial charge in [-0.15, -0.1) is 0 Å². The van der Waals surface area contributed by atoms with Gasteiger partial charge in [0.25, 0.3) is 5.91 Å². The van der Waals surface area contributed by atoms with Crippen molar-refractivity contribution in [1.82, 2.24) is 10.2 Å². The lowest BCUT2D eigenvalue weighted by Gasteiger charge is -2.32. The minimum Gasteiger partial charge on any atom is -0.484 e. The van der Waals surface area contributed by atoms with Gasteiger partial charge in [-0.2, -0.15) is 13.2 Å². The topological polar surface area (TPSA) is 41.6 Å². The van der Waals surface area contributed by atoms with E-state index < -0.39 is 11.7 Å². The Labute approximate surface area is 127 Å². The Morgan fingerprint density at radius 1 is 1.45 bits per heavy atom. The maximum atomic E-state index is 12.6. The van der Waals surface area contributed by atoms with Crippen molar-refractivity contribution in [2.75, 3.05) is 26.7 Å². The summed E-state index contributed by atoms with van der Waals surface area (Å²) in [6, 6.07) is 4.80. The maximum Gasteiger partial charge on any atom is 0.416 e. The highest BCUT2D eigenvalue weighted by Gasteiger charge is 2.30. The summed E-state index contributed by atoms with van der Waals surface area (Å²) < 4.78 is 43.0. The normalized spacial score (nSPS) is 19.1. The van der Waals surface area contributed by atoms with Gasteiger partial charge in [-0.05, 0) is 38.1 Å². The number of halogens is 3. The average molecular weight is 316 g/mol. The van der Waals surface area contributed by atoms with Crippen molar-refractivity contribution in [2.24, 2.45) is 0 Å². The van der Waals surface area contributed by atoms with Gasteiger partial charge in [-0.1, -0.05) is 6.07 Å². The molecular formula is C15H19F3N2O2. The number of likely N-dealkylation sites (N-methyl/N-ethyl adjacent to an activating group) is 1. The quantitative estimate of drug-likeness (QED) is 0.927. The fourth-order valence-electron chi connectivity index (χ4n) is 2.44. The number of carbonyl (C=O) groups excluding carboxylic acids is 1. The number of nitrogens with one attached hydrogen (secondary N) is 1. The third kappa shape index (κ3) is 4.37. The van der Waals surface area contributed by atoms with E-state index in [9.17, 15) is 18.0 Å². The lowest BCUT2D eigenvalue weighted by Crippen LogP contribution is -2.48. The van der Waals surface area contributed by atoms with Crippen LogP contribution in [0.2, 0.25) is 0 Å². The Morgan fingerprint density at radius 2 is 2.23 bits per heavy atom. The number of amides is 1. The number of nitrogens with zero attached hydrogens (tertiary/aromatic N) is 1. The highest BCUT2D eigenvalue weighted by atomic mass is 19.4. The molecule has 0 bridgehead atoms. The fraction of sp³-hybridized carbons (Fsp3) is 0.533. The molecule has 1 fully saturated rings. The highest BCUT2D eigenvalue weighted by Crippen LogP contribution is 2.31. The first kappa shape index (κ1) is 16.6. The van der Waals surface area contributed by atoms with Gasteiger partial charge in [0.2, 0.25) is 0 Å². The second-order valence-corrected chi connectivity index (χ2v) is 5.28. The molecule has 1 atom stereocenters. The van der Waals surface area contributed by atoms with Crippen molar-refractivity contribution in [2.45, 2.75) is 25.1 Å². The number of likely N-dealkylation sites (tertiary alicyclic amines) is 1. The van der Waals surface area contributed by atoms with Gasteiger partial charge in [0.05, 0.1) is 5.56 Å². The third-order valence-electron chi connectivity index (χ3n) is 3.71. The summed E-state index contributed by atoms with van der Waals surface area (Å²) >= 11 is 0. The Bertz CT molecular complexity index is 520. The summed E-state index contributed by atoms with van der Waals surface area (Å²) in [5, 5.41) is 3.13. The number of hydrogen-bond donors (Lipinski definition) is 1. The maximum absolute atomic E-state index is 12.6. The van der Waals surface area contributed by atoms with Crippen molar-refractivity contribution >= 4 is 5.91 Å². The first-order valence-electron chi connectivity index (χ1n) is 7.15. The number of benzene rings is 1. The Morgan fingerprint density at radius 3 is 2.91 bits per heavy atom. The van der Waals surface area contributed by atoms with Crippen molar-refractivity contribution < 1.29 is 22.7 Å².